The van der Waals surface area contributed by atoms with Crippen molar-refractivity contribution >= 4 is 11.9 Å². The van der Waals surface area contributed by atoms with Crippen molar-refractivity contribution in [2.45, 2.75) is 13.5 Å². The molecule has 5 heteroatoms. The average molecular weight is 235 g/mol. The summed E-state index contributed by atoms with van der Waals surface area (Å²) in [7, 11) is 0. The van der Waals surface area contributed by atoms with E-state index in [2.05, 4.69) is 11.9 Å². The van der Waals surface area contributed by atoms with Gasteiger partial charge in [-0.05, 0) is 25.1 Å². The van der Waals surface area contributed by atoms with Crippen molar-refractivity contribution in [3.05, 3.63) is 41.5 Å². The van der Waals surface area contributed by atoms with E-state index in [1.54, 1.807) is 6.92 Å². The molecule has 0 aromatic heterocycles. The summed E-state index contributed by atoms with van der Waals surface area (Å²) in [4.78, 5) is 22.0. The lowest BCUT2D eigenvalue weighted by atomic mass is 10.1. The van der Waals surface area contributed by atoms with Crippen LogP contribution in [0, 0.1) is 0 Å². The fraction of sp³-hybridized carbons (Fsp3) is 0.167. The molecule has 3 N–H and O–H groups in total. The van der Waals surface area contributed by atoms with Gasteiger partial charge in [0.15, 0.2) is 0 Å². The van der Waals surface area contributed by atoms with Crippen molar-refractivity contribution in [2.24, 2.45) is 0 Å². The van der Waals surface area contributed by atoms with Crippen molar-refractivity contribution < 1.29 is 19.8 Å². The second-order valence-electron chi connectivity index (χ2n) is 3.61. The van der Waals surface area contributed by atoms with Crippen molar-refractivity contribution in [2.75, 3.05) is 0 Å². The second kappa shape index (κ2) is 5.16. The molecule has 5 nitrogen and oxygen atoms in total. The van der Waals surface area contributed by atoms with E-state index in [0.717, 1.165) is 0 Å². The zero-order valence-electron chi connectivity index (χ0n) is 9.36. The molecule has 0 saturated heterocycles. The van der Waals surface area contributed by atoms with E-state index in [1.807, 2.05) is 0 Å². The molecule has 0 saturated carbocycles. The van der Waals surface area contributed by atoms with Crippen LogP contribution in [-0.2, 0) is 11.3 Å². The van der Waals surface area contributed by atoms with Gasteiger partial charge in [-0.25, -0.2) is 4.79 Å². The standard InChI is InChI=1S/C12H13NO4/c1-7(2)11(15)13-6-9-5-8(12(16)17)3-4-10(9)14/h3-5,14H,1,6H2,2H3,(H,13,15)(H,16,17). The van der Waals surface area contributed by atoms with Crippen molar-refractivity contribution in [1.29, 1.82) is 0 Å². The Morgan fingerprint density at radius 2 is 2.06 bits per heavy atom. The first kappa shape index (κ1) is 12.8. The summed E-state index contributed by atoms with van der Waals surface area (Å²) in [6.07, 6.45) is 0. The van der Waals surface area contributed by atoms with Gasteiger partial charge in [-0.15, -0.1) is 0 Å². The van der Waals surface area contributed by atoms with Crippen LogP contribution in [0.3, 0.4) is 0 Å². The Kier molecular flexibility index (Phi) is 3.87. The third kappa shape index (κ3) is 3.34. The second-order valence-corrected chi connectivity index (χ2v) is 3.61. The molecule has 0 unspecified atom stereocenters. The minimum atomic E-state index is -1.09. The lowest BCUT2D eigenvalue weighted by Gasteiger charge is -2.07. The molecule has 0 aliphatic heterocycles. The van der Waals surface area contributed by atoms with E-state index in [-0.39, 0.29) is 23.8 Å². The Morgan fingerprint density at radius 1 is 1.41 bits per heavy atom. The third-order valence-electron chi connectivity index (χ3n) is 2.15. The Bertz CT molecular complexity index is 479. The molecule has 1 rings (SSSR count). The molecule has 0 atom stereocenters. The van der Waals surface area contributed by atoms with Crippen molar-refractivity contribution in [3.8, 4) is 5.75 Å². The van der Waals surface area contributed by atoms with Gasteiger partial charge in [0, 0.05) is 17.7 Å². The summed E-state index contributed by atoms with van der Waals surface area (Å²) in [5.74, 6) is -1.49. The first-order chi connectivity index (χ1) is 7.91. The minimum Gasteiger partial charge on any atom is -0.508 e. The summed E-state index contributed by atoms with van der Waals surface area (Å²) in [6, 6.07) is 3.89. The van der Waals surface area contributed by atoms with Crippen molar-refractivity contribution in [3.63, 3.8) is 0 Å². The van der Waals surface area contributed by atoms with E-state index in [0.29, 0.717) is 11.1 Å². The summed E-state index contributed by atoms with van der Waals surface area (Å²) in [5.41, 5.74) is 0.751. The van der Waals surface area contributed by atoms with Gasteiger partial charge >= 0.3 is 5.97 Å². The summed E-state index contributed by atoms with van der Waals surface area (Å²) in [6.45, 7) is 5.08. The first-order valence-electron chi connectivity index (χ1n) is 4.90. The van der Waals surface area contributed by atoms with Crippen LogP contribution in [0.2, 0.25) is 0 Å². The Hall–Kier alpha value is -2.30. The number of hydrogen-bond acceptors (Lipinski definition) is 3. The molecule has 1 aromatic carbocycles. The van der Waals surface area contributed by atoms with Crippen LogP contribution in [0.5, 0.6) is 5.75 Å². The molecule has 1 aromatic rings. The number of nitrogens with one attached hydrogen (secondary N) is 1. The smallest absolute Gasteiger partial charge is 0.335 e. The van der Waals surface area contributed by atoms with Crippen LogP contribution >= 0.6 is 0 Å². The summed E-state index contributed by atoms with van der Waals surface area (Å²) >= 11 is 0. The zero-order valence-corrected chi connectivity index (χ0v) is 9.36. The Labute approximate surface area is 98.4 Å². The Morgan fingerprint density at radius 3 is 2.59 bits per heavy atom. The topological polar surface area (TPSA) is 86.6 Å². The predicted molar refractivity (Wildman–Crippen MR) is 61.7 cm³/mol. The van der Waals surface area contributed by atoms with Gasteiger partial charge in [0.05, 0.1) is 5.56 Å². The lowest BCUT2D eigenvalue weighted by molar-refractivity contribution is -0.117. The quantitative estimate of drug-likeness (QED) is 0.686. The summed E-state index contributed by atoms with van der Waals surface area (Å²) < 4.78 is 0. The highest BCUT2D eigenvalue weighted by atomic mass is 16.4. The highest BCUT2D eigenvalue weighted by Gasteiger charge is 2.09. The van der Waals surface area contributed by atoms with Crippen molar-refractivity contribution in [1.82, 2.24) is 5.32 Å². The van der Waals surface area contributed by atoms with E-state index in [9.17, 15) is 14.7 Å². The summed E-state index contributed by atoms with van der Waals surface area (Å²) in [5, 5.41) is 20.8. The van der Waals surface area contributed by atoms with Crippen LogP contribution < -0.4 is 5.32 Å². The van der Waals surface area contributed by atoms with Gasteiger partial charge in [-0.3, -0.25) is 4.79 Å². The van der Waals surface area contributed by atoms with Gasteiger partial charge in [0.1, 0.15) is 5.75 Å². The van der Waals surface area contributed by atoms with E-state index >= 15 is 0 Å². The molecule has 1 amide bonds. The number of amides is 1. The monoisotopic (exact) mass is 235 g/mol. The molecule has 17 heavy (non-hydrogen) atoms. The average Bonchev–Trinajstić information content (AvgIpc) is 2.26. The van der Waals surface area contributed by atoms with E-state index < -0.39 is 5.97 Å². The van der Waals surface area contributed by atoms with Gasteiger partial charge in [0.2, 0.25) is 5.91 Å². The van der Waals surface area contributed by atoms with Crippen LogP contribution in [0.25, 0.3) is 0 Å². The molecule has 0 spiro atoms. The predicted octanol–water partition coefficient (Wildman–Crippen LogP) is 1.28. The maximum atomic E-state index is 11.2. The largest absolute Gasteiger partial charge is 0.508 e. The normalized spacial score (nSPS) is 9.71. The number of aromatic hydroxyl groups is 1. The van der Waals surface area contributed by atoms with Gasteiger partial charge in [0.25, 0.3) is 0 Å². The van der Waals surface area contributed by atoms with Gasteiger partial charge in [-0.1, -0.05) is 6.58 Å². The zero-order chi connectivity index (χ0) is 13.0. The number of rotatable bonds is 4. The van der Waals surface area contributed by atoms with Gasteiger partial charge in [-0.2, -0.15) is 0 Å². The van der Waals surface area contributed by atoms with Crippen LogP contribution in [0.15, 0.2) is 30.4 Å². The first-order valence-corrected chi connectivity index (χ1v) is 4.90. The van der Waals surface area contributed by atoms with Crippen LogP contribution in [0.4, 0.5) is 0 Å². The number of phenols is 1. The lowest BCUT2D eigenvalue weighted by Crippen LogP contribution is -2.23. The molecule has 0 bridgehead atoms. The number of benzene rings is 1. The maximum Gasteiger partial charge on any atom is 0.335 e. The number of carboxylic acids is 1. The molecule has 0 aliphatic rings. The number of phenolic OH excluding ortho intramolecular Hbond substituents is 1. The number of carbonyl (C=O) groups is 2. The van der Waals surface area contributed by atoms with Gasteiger partial charge < -0.3 is 15.5 Å². The minimum absolute atomic E-state index is 0.0542. The van der Waals surface area contributed by atoms with E-state index in [4.69, 9.17) is 5.11 Å². The van der Waals surface area contributed by atoms with Crippen LogP contribution in [-0.4, -0.2) is 22.1 Å². The number of aromatic carboxylic acids is 1. The molecule has 0 aliphatic carbocycles. The molecule has 0 heterocycles. The van der Waals surface area contributed by atoms with Crippen LogP contribution in [0.1, 0.15) is 22.8 Å². The third-order valence-corrected chi connectivity index (χ3v) is 2.15. The molecular formula is C12H13NO4. The number of hydrogen-bond donors (Lipinski definition) is 3. The fourth-order valence-electron chi connectivity index (χ4n) is 1.19. The number of carbonyl (C=O) groups excluding carboxylic acids is 1. The maximum absolute atomic E-state index is 11.2. The molecule has 0 fully saturated rings. The SMILES string of the molecule is C=C(C)C(=O)NCc1cc(C(=O)O)ccc1O. The Balaban J connectivity index is 2.83. The highest BCUT2D eigenvalue weighted by Crippen LogP contribution is 2.18. The molecular weight excluding hydrogens is 222 g/mol. The molecule has 90 valence electrons. The fourth-order valence-corrected chi connectivity index (χ4v) is 1.19. The highest BCUT2D eigenvalue weighted by molar-refractivity contribution is 5.92. The number of carboxylic acid groups (broad SMARTS) is 1. The van der Waals surface area contributed by atoms with E-state index in [1.165, 1.54) is 18.2 Å². The molecule has 0 radical (unpaired) electrons.